The van der Waals surface area contributed by atoms with Crippen molar-refractivity contribution >= 4 is 17.8 Å². The van der Waals surface area contributed by atoms with Crippen LogP contribution in [-0.2, 0) is 14.4 Å². The van der Waals surface area contributed by atoms with Gasteiger partial charge in [-0.2, -0.15) is 0 Å². The highest BCUT2D eigenvalue weighted by Crippen LogP contribution is 2.21. The van der Waals surface area contributed by atoms with Gasteiger partial charge >= 0.3 is 5.97 Å². The summed E-state index contributed by atoms with van der Waals surface area (Å²) in [5.41, 5.74) is 0. The lowest BCUT2D eigenvalue weighted by Crippen LogP contribution is -2.45. The number of carboxylic acids is 1. The second-order valence-corrected chi connectivity index (χ2v) is 5.61. The quantitative estimate of drug-likeness (QED) is 0.829. The highest BCUT2D eigenvalue weighted by molar-refractivity contribution is 5.85. The second kappa shape index (κ2) is 6.72. The third-order valence-corrected chi connectivity index (χ3v) is 4.11. The van der Waals surface area contributed by atoms with E-state index in [1.807, 2.05) is 0 Å². The van der Waals surface area contributed by atoms with Crippen LogP contribution in [0.1, 0.15) is 44.9 Å². The number of amides is 2. The van der Waals surface area contributed by atoms with Crippen LogP contribution in [0.15, 0.2) is 0 Å². The highest BCUT2D eigenvalue weighted by atomic mass is 16.4. The van der Waals surface area contributed by atoms with Crippen LogP contribution >= 0.6 is 0 Å². The van der Waals surface area contributed by atoms with Crippen molar-refractivity contribution in [2.45, 2.75) is 51.0 Å². The summed E-state index contributed by atoms with van der Waals surface area (Å²) in [6.07, 6.45) is 4.98. The third kappa shape index (κ3) is 3.71. The summed E-state index contributed by atoms with van der Waals surface area (Å²) in [4.78, 5) is 38.3. The Morgan fingerprint density at radius 3 is 2.70 bits per heavy atom. The van der Waals surface area contributed by atoms with Gasteiger partial charge in [-0.3, -0.25) is 14.4 Å². The summed E-state index contributed by atoms with van der Waals surface area (Å²) in [5, 5.41) is 8.87. The van der Waals surface area contributed by atoms with Crippen molar-refractivity contribution in [3.8, 4) is 0 Å². The Morgan fingerprint density at radius 2 is 1.95 bits per heavy atom. The fourth-order valence-electron chi connectivity index (χ4n) is 3.04. The Balaban J connectivity index is 1.92. The fourth-order valence-corrected chi connectivity index (χ4v) is 3.04. The zero-order chi connectivity index (χ0) is 14.5. The van der Waals surface area contributed by atoms with E-state index in [1.54, 1.807) is 9.80 Å². The Hall–Kier alpha value is -1.59. The van der Waals surface area contributed by atoms with Gasteiger partial charge in [-0.15, -0.1) is 0 Å². The first kappa shape index (κ1) is 14.8. The lowest BCUT2D eigenvalue weighted by Gasteiger charge is -2.27. The maximum atomic E-state index is 12.3. The van der Waals surface area contributed by atoms with Gasteiger partial charge in [0.1, 0.15) is 0 Å². The normalized spacial score (nSPS) is 23.8. The molecule has 2 saturated heterocycles. The first-order chi connectivity index (χ1) is 9.58. The lowest BCUT2D eigenvalue weighted by molar-refractivity contribution is -0.143. The largest absolute Gasteiger partial charge is 0.481 e. The first-order valence-electron chi connectivity index (χ1n) is 7.37. The van der Waals surface area contributed by atoms with E-state index < -0.39 is 5.97 Å². The lowest BCUT2D eigenvalue weighted by atomic mass is 10.1. The molecule has 0 bridgehead atoms. The predicted molar refractivity (Wildman–Crippen MR) is 72.0 cm³/mol. The summed E-state index contributed by atoms with van der Waals surface area (Å²) in [7, 11) is 0. The molecule has 2 amide bonds. The third-order valence-electron chi connectivity index (χ3n) is 4.11. The summed E-state index contributed by atoms with van der Waals surface area (Å²) in [6, 6.07) is -0.206. The Morgan fingerprint density at radius 1 is 1.15 bits per heavy atom. The summed E-state index contributed by atoms with van der Waals surface area (Å²) in [6.45, 7) is 1.36. The number of hydrogen-bond donors (Lipinski definition) is 1. The van der Waals surface area contributed by atoms with Crippen LogP contribution in [0, 0.1) is 0 Å². The van der Waals surface area contributed by atoms with E-state index in [9.17, 15) is 14.4 Å². The van der Waals surface area contributed by atoms with Gasteiger partial charge < -0.3 is 14.9 Å². The summed E-state index contributed by atoms with van der Waals surface area (Å²) in [5.74, 6) is -0.936. The smallest absolute Gasteiger partial charge is 0.305 e. The molecule has 2 rings (SSSR count). The topological polar surface area (TPSA) is 77.9 Å². The molecule has 2 aliphatic heterocycles. The average molecular weight is 282 g/mol. The second-order valence-electron chi connectivity index (χ2n) is 5.61. The molecule has 0 spiro atoms. The van der Waals surface area contributed by atoms with Crippen molar-refractivity contribution in [2.24, 2.45) is 0 Å². The maximum Gasteiger partial charge on any atom is 0.305 e. The van der Waals surface area contributed by atoms with E-state index in [1.165, 1.54) is 0 Å². The van der Waals surface area contributed by atoms with Crippen molar-refractivity contribution in [3.63, 3.8) is 0 Å². The molecule has 0 aliphatic carbocycles. The van der Waals surface area contributed by atoms with Crippen molar-refractivity contribution in [1.29, 1.82) is 0 Å². The number of carbonyl (C=O) groups is 3. The zero-order valence-electron chi connectivity index (χ0n) is 11.7. The van der Waals surface area contributed by atoms with Crippen LogP contribution in [-0.4, -0.2) is 58.4 Å². The molecular weight excluding hydrogens is 260 g/mol. The summed E-state index contributed by atoms with van der Waals surface area (Å²) < 4.78 is 0. The number of likely N-dealkylation sites (tertiary alicyclic amines) is 2. The molecular formula is C14H22N2O4. The molecule has 2 aliphatic rings. The molecule has 0 radical (unpaired) electrons. The molecule has 0 aromatic carbocycles. The molecule has 0 aromatic heterocycles. The van der Waals surface area contributed by atoms with Gasteiger partial charge in [0, 0.05) is 25.6 Å². The van der Waals surface area contributed by atoms with Crippen LogP contribution in [0.3, 0.4) is 0 Å². The monoisotopic (exact) mass is 282 g/mol. The number of rotatable bonds is 4. The van der Waals surface area contributed by atoms with Crippen molar-refractivity contribution in [3.05, 3.63) is 0 Å². The molecule has 2 fully saturated rings. The predicted octanol–water partition coefficient (Wildman–Crippen LogP) is 0.855. The minimum absolute atomic E-state index is 0.000311. The fraction of sp³-hybridized carbons (Fsp3) is 0.786. The van der Waals surface area contributed by atoms with Gasteiger partial charge in [0.2, 0.25) is 11.8 Å². The molecule has 112 valence electrons. The molecule has 0 aromatic rings. The standard InChI is InChI=1S/C14H22N2O4/c17-12-6-2-1-3-7-15(12)10-13(18)16-8-4-5-11(16)9-14(19)20/h11H,1-10H2,(H,19,20). The maximum absolute atomic E-state index is 12.3. The Labute approximate surface area is 118 Å². The van der Waals surface area contributed by atoms with E-state index in [0.717, 1.165) is 32.1 Å². The molecule has 20 heavy (non-hydrogen) atoms. The van der Waals surface area contributed by atoms with E-state index in [4.69, 9.17) is 5.11 Å². The van der Waals surface area contributed by atoms with Crippen LogP contribution in [0.25, 0.3) is 0 Å². The van der Waals surface area contributed by atoms with Crippen molar-refractivity contribution in [2.75, 3.05) is 19.6 Å². The zero-order valence-corrected chi connectivity index (χ0v) is 11.7. The summed E-state index contributed by atoms with van der Waals surface area (Å²) >= 11 is 0. The minimum atomic E-state index is -0.874. The molecule has 1 N–H and O–H groups in total. The Kier molecular flexibility index (Phi) is 4.98. The first-order valence-corrected chi connectivity index (χ1v) is 7.37. The molecule has 6 nitrogen and oxygen atoms in total. The van der Waals surface area contributed by atoms with Gasteiger partial charge in [-0.05, 0) is 25.7 Å². The van der Waals surface area contributed by atoms with Crippen LogP contribution in [0.5, 0.6) is 0 Å². The average Bonchev–Trinajstić information content (AvgIpc) is 2.74. The molecule has 0 saturated carbocycles. The molecule has 1 atom stereocenters. The van der Waals surface area contributed by atoms with Gasteiger partial charge in [0.25, 0.3) is 0 Å². The van der Waals surface area contributed by atoms with Gasteiger partial charge in [-0.1, -0.05) is 6.42 Å². The van der Waals surface area contributed by atoms with Crippen molar-refractivity contribution in [1.82, 2.24) is 9.80 Å². The Bertz CT molecular complexity index is 397. The van der Waals surface area contributed by atoms with E-state index in [2.05, 4.69) is 0 Å². The van der Waals surface area contributed by atoms with Gasteiger partial charge in [0.15, 0.2) is 0 Å². The SMILES string of the molecule is O=C(O)CC1CCCN1C(=O)CN1CCCCCC1=O. The van der Waals surface area contributed by atoms with Crippen molar-refractivity contribution < 1.29 is 19.5 Å². The van der Waals surface area contributed by atoms with E-state index in [0.29, 0.717) is 19.5 Å². The number of carboxylic acid groups (broad SMARTS) is 1. The minimum Gasteiger partial charge on any atom is -0.481 e. The number of hydrogen-bond acceptors (Lipinski definition) is 3. The van der Waals surface area contributed by atoms with Crippen LogP contribution in [0.4, 0.5) is 0 Å². The highest BCUT2D eigenvalue weighted by Gasteiger charge is 2.31. The number of carbonyl (C=O) groups excluding carboxylic acids is 2. The number of nitrogens with zero attached hydrogens (tertiary/aromatic N) is 2. The van der Waals surface area contributed by atoms with Gasteiger partial charge in [-0.25, -0.2) is 0 Å². The van der Waals surface area contributed by atoms with Crippen LogP contribution in [0.2, 0.25) is 0 Å². The van der Waals surface area contributed by atoms with E-state index >= 15 is 0 Å². The molecule has 1 unspecified atom stereocenters. The molecule has 6 heteroatoms. The van der Waals surface area contributed by atoms with E-state index in [-0.39, 0.29) is 30.8 Å². The van der Waals surface area contributed by atoms with Gasteiger partial charge in [0.05, 0.1) is 13.0 Å². The molecule has 2 heterocycles. The van der Waals surface area contributed by atoms with Crippen LogP contribution < -0.4 is 0 Å². The number of aliphatic carboxylic acids is 1.